The first kappa shape index (κ1) is 25.8. The van der Waals surface area contributed by atoms with Crippen molar-refractivity contribution in [1.29, 1.82) is 0 Å². The second kappa shape index (κ2) is 14.8. The third kappa shape index (κ3) is 10.2. The van der Waals surface area contributed by atoms with E-state index >= 15 is 0 Å². The minimum atomic E-state index is -2.41. The first-order chi connectivity index (χ1) is 12.3. The average molecular weight is 387 g/mol. The number of nitrogens with zero attached hydrogens (tertiary/aromatic N) is 1. The molecule has 0 aromatic rings. The summed E-state index contributed by atoms with van der Waals surface area (Å²) in [5.41, 5.74) is 0. The Hall–Kier alpha value is -0.240. The van der Waals surface area contributed by atoms with Crippen LogP contribution in [0.2, 0.25) is 0 Å². The maximum atomic E-state index is 11.9. The van der Waals surface area contributed by atoms with Gasteiger partial charge in [-0.1, -0.05) is 75.5 Å². The average Bonchev–Trinajstić information content (AvgIpc) is 2.57. The molecule has 0 saturated heterocycles. The zero-order chi connectivity index (χ0) is 19.9. The Morgan fingerprint density at radius 3 is 1.69 bits per heavy atom. The topological polar surface area (TPSA) is 40.1 Å². The summed E-state index contributed by atoms with van der Waals surface area (Å²) in [6, 6.07) is 0. The fourth-order valence-electron chi connectivity index (χ4n) is 3.75. The van der Waals surface area contributed by atoms with Crippen LogP contribution in [0.1, 0.15) is 104 Å². The van der Waals surface area contributed by atoms with E-state index in [9.17, 15) is 9.46 Å². The van der Waals surface area contributed by atoms with Crippen molar-refractivity contribution >= 4 is 8.03 Å². The minimum Gasteiger partial charge on any atom is -0.590 e. The quantitative estimate of drug-likeness (QED) is 0.123. The van der Waals surface area contributed by atoms with E-state index in [1.165, 1.54) is 64.2 Å². The van der Waals surface area contributed by atoms with Gasteiger partial charge in [-0.25, -0.2) is 0 Å². The molecule has 0 radical (unpaired) electrons. The number of rotatable bonds is 17. The predicted molar refractivity (Wildman–Crippen MR) is 113 cm³/mol. The fraction of sp³-hybridized carbons (Fsp3) is 0.909. The Bertz CT molecular complexity index is 390. The number of hydrogen-bond acceptors (Lipinski definition) is 2. The van der Waals surface area contributed by atoms with E-state index in [1.807, 2.05) is 28.1 Å². The summed E-state index contributed by atoms with van der Waals surface area (Å²) in [6.45, 7) is 4.26. The van der Waals surface area contributed by atoms with Gasteiger partial charge in [0.25, 0.3) is 5.28 Å². The third-order valence-corrected chi connectivity index (χ3v) is 7.56. The second-order valence-corrected chi connectivity index (χ2v) is 9.93. The first-order valence-corrected chi connectivity index (χ1v) is 12.1. The van der Waals surface area contributed by atoms with Crippen LogP contribution in [0.5, 0.6) is 0 Å². The standard InChI is InChI=1S/C22H45NO2P/c1-6-8-9-10-11-12-13-14-15-16-17-18-19-20-21-22(7-2,26(24)25)23(3,4)5/h13-14H,6-12,15-21H2,1-5H3/q+1/b14-13-. The summed E-state index contributed by atoms with van der Waals surface area (Å²) in [5, 5.41) is -0.602. The van der Waals surface area contributed by atoms with Gasteiger partial charge in [-0.3, -0.25) is 4.48 Å². The molecule has 26 heavy (non-hydrogen) atoms. The molecule has 2 atom stereocenters. The Balaban J connectivity index is 3.76. The summed E-state index contributed by atoms with van der Waals surface area (Å²) >= 11 is 0. The third-order valence-electron chi connectivity index (χ3n) is 5.74. The number of allylic oxidation sites excluding steroid dienone is 2. The van der Waals surface area contributed by atoms with Gasteiger partial charge in [-0.2, -0.15) is 0 Å². The van der Waals surface area contributed by atoms with Crippen LogP contribution >= 0.6 is 8.03 Å². The minimum absolute atomic E-state index is 0.505. The maximum Gasteiger partial charge on any atom is 0.376 e. The zero-order valence-corrected chi connectivity index (χ0v) is 19.2. The Labute approximate surface area is 164 Å². The molecule has 3 nitrogen and oxygen atoms in total. The van der Waals surface area contributed by atoms with Crippen LogP contribution in [0.25, 0.3) is 0 Å². The number of quaternary nitrogens is 1. The van der Waals surface area contributed by atoms with Crippen molar-refractivity contribution in [2.75, 3.05) is 21.1 Å². The smallest absolute Gasteiger partial charge is 0.376 e. The van der Waals surface area contributed by atoms with Crippen LogP contribution in [0.3, 0.4) is 0 Å². The van der Waals surface area contributed by atoms with Gasteiger partial charge in [0.15, 0.2) is 0 Å². The van der Waals surface area contributed by atoms with Gasteiger partial charge in [-0.15, -0.1) is 0 Å². The van der Waals surface area contributed by atoms with Crippen molar-refractivity contribution in [3.05, 3.63) is 12.2 Å². The molecular weight excluding hydrogens is 341 g/mol. The molecule has 2 unspecified atom stereocenters. The molecule has 0 saturated carbocycles. The van der Waals surface area contributed by atoms with Crippen LogP contribution in [-0.2, 0) is 4.57 Å². The Morgan fingerprint density at radius 1 is 0.808 bits per heavy atom. The lowest BCUT2D eigenvalue weighted by molar-refractivity contribution is -0.910. The molecule has 154 valence electrons. The van der Waals surface area contributed by atoms with E-state index in [2.05, 4.69) is 19.1 Å². The zero-order valence-electron chi connectivity index (χ0n) is 18.3. The predicted octanol–water partition coefficient (Wildman–Crippen LogP) is 6.55. The molecular formula is C22H45NO2P+. The lowest BCUT2D eigenvalue weighted by atomic mass is 10.0. The Kier molecular flexibility index (Phi) is 14.6. The van der Waals surface area contributed by atoms with Crippen molar-refractivity contribution in [3.63, 3.8) is 0 Å². The lowest BCUT2D eigenvalue weighted by Crippen LogP contribution is -2.55. The van der Waals surface area contributed by atoms with E-state index < -0.39 is 13.3 Å². The summed E-state index contributed by atoms with van der Waals surface area (Å²) in [4.78, 5) is 11.9. The van der Waals surface area contributed by atoms with E-state index in [4.69, 9.17) is 0 Å². The van der Waals surface area contributed by atoms with Gasteiger partial charge in [0.1, 0.15) is 0 Å². The van der Waals surface area contributed by atoms with Crippen molar-refractivity contribution in [2.45, 2.75) is 109 Å². The highest BCUT2D eigenvalue weighted by Crippen LogP contribution is 2.44. The lowest BCUT2D eigenvalue weighted by Gasteiger charge is -2.39. The van der Waals surface area contributed by atoms with Gasteiger partial charge >= 0.3 is 8.03 Å². The summed E-state index contributed by atoms with van der Waals surface area (Å²) in [6.07, 6.45) is 21.3. The van der Waals surface area contributed by atoms with Gasteiger partial charge in [-0.05, 0) is 32.1 Å². The van der Waals surface area contributed by atoms with Crippen molar-refractivity contribution in [1.82, 2.24) is 0 Å². The molecule has 4 heteroatoms. The molecule has 0 fully saturated rings. The molecule has 0 spiro atoms. The normalized spacial score (nSPS) is 15.4. The first-order valence-electron chi connectivity index (χ1n) is 10.9. The van der Waals surface area contributed by atoms with Gasteiger partial charge in [0.2, 0.25) is 0 Å². The van der Waals surface area contributed by atoms with E-state index in [0.29, 0.717) is 10.9 Å². The molecule has 0 aliphatic carbocycles. The monoisotopic (exact) mass is 386 g/mol. The highest BCUT2D eigenvalue weighted by atomic mass is 31.1. The second-order valence-electron chi connectivity index (χ2n) is 8.59. The summed E-state index contributed by atoms with van der Waals surface area (Å²) < 4.78 is 12.4. The van der Waals surface area contributed by atoms with Crippen molar-refractivity contribution in [2.24, 2.45) is 0 Å². The van der Waals surface area contributed by atoms with Crippen molar-refractivity contribution in [3.8, 4) is 0 Å². The molecule has 0 N–H and O–H groups in total. The summed E-state index contributed by atoms with van der Waals surface area (Å²) in [5.74, 6) is 0. The van der Waals surface area contributed by atoms with E-state index in [1.54, 1.807) is 0 Å². The fourth-order valence-corrected chi connectivity index (χ4v) is 4.84. The molecule has 0 aliphatic rings. The molecule has 0 rings (SSSR count). The molecule has 0 amide bonds. The van der Waals surface area contributed by atoms with Crippen LogP contribution in [-0.4, -0.2) is 30.9 Å². The van der Waals surface area contributed by atoms with Gasteiger partial charge in [0.05, 0.1) is 21.1 Å². The molecule has 0 aromatic heterocycles. The van der Waals surface area contributed by atoms with E-state index in [-0.39, 0.29) is 0 Å². The van der Waals surface area contributed by atoms with Gasteiger partial charge < -0.3 is 4.89 Å². The van der Waals surface area contributed by atoms with Gasteiger partial charge in [0, 0.05) is 12.8 Å². The van der Waals surface area contributed by atoms with Crippen LogP contribution in [0, 0.1) is 0 Å². The number of unbranched alkanes of at least 4 members (excludes halogenated alkanes) is 10. The van der Waals surface area contributed by atoms with Crippen molar-refractivity contribution < 1.29 is 13.9 Å². The summed E-state index contributed by atoms with van der Waals surface area (Å²) in [7, 11) is 3.60. The molecule has 0 bridgehead atoms. The highest BCUT2D eigenvalue weighted by Gasteiger charge is 2.52. The molecule has 0 aromatic carbocycles. The van der Waals surface area contributed by atoms with Crippen LogP contribution in [0.4, 0.5) is 0 Å². The SMILES string of the molecule is CCCCCCC/C=C\CCCCCCCC(CC)([P+](=O)[O-])[N+](C)(C)C. The van der Waals surface area contributed by atoms with Crippen LogP contribution in [0.15, 0.2) is 12.2 Å². The molecule has 0 heterocycles. The van der Waals surface area contributed by atoms with Crippen LogP contribution < -0.4 is 4.89 Å². The molecule has 0 aliphatic heterocycles. The highest BCUT2D eigenvalue weighted by molar-refractivity contribution is 7.38. The largest absolute Gasteiger partial charge is 0.590 e. The maximum absolute atomic E-state index is 11.9. The Morgan fingerprint density at radius 2 is 1.27 bits per heavy atom. The van der Waals surface area contributed by atoms with E-state index in [0.717, 1.165) is 19.3 Å². The number of hydrogen-bond donors (Lipinski definition) is 0.